The van der Waals surface area contributed by atoms with E-state index in [1.807, 2.05) is 6.92 Å². The highest BCUT2D eigenvalue weighted by Crippen LogP contribution is 2.56. The number of nitrogens with one attached hydrogen (secondary N) is 1. The number of amides is 1. The fourth-order valence-electron chi connectivity index (χ4n) is 5.75. The predicted molar refractivity (Wildman–Crippen MR) is 96.6 cm³/mol. The Morgan fingerprint density at radius 1 is 1.00 bits per heavy atom. The van der Waals surface area contributed by atoms with Gasteiger partial charge in [0.1, 0.15) is 0 Å². The summed E-state index contributed by atoms with van der Waals surface area (Å²) in [5.74, 6) is 3.28. The van der Waals surface area contributed by atoms with E-state index < -0.39 is 9.84 Å². The van der Waals surface area contributed by atoms with Crippen LogP contribution >= 0.6 is 0 Å². The lowest BCUT2D eigenvalue weighted by Gasteiger charge is -2.53. The zero-order chi connectivity index (χ0) is 17.8. The van der Waals surface area contributed by atoms with Crippen molar-refractivity contribution in [2.75, 3.05) is 6.26 Å². The van der Waals surface area contributed by atoms with Gasteiger partial charge in [-0.3, -0.25) is 4.79 Å². The van der Waals surface area contributed by atoms with Crippen LogP contribution in [0.4, 0.5) is 0 Å². The van der Waals surface area contributed by atoms with Crippen molar-refractivity contribution in [3.05, 3.63) is 29.8 Å². The number of sulfone groups is 1. The van der Waals surface area contributed by atoms with Crippen molar-refractivity contribution < 1.29 is 13.2 Å². The highest BCUT2D eigenvalue weighted by Gasteiger charge is 2.50. The average molecular weight is 362 g/mol. The fraction of sp³-hybridized carbons (Fsp3) is 0.650. The quantitative estimate of drug-likeness (QED) is 0.894. The molecule has 1 amide bonds. The molecule has 1 atom stereocenters. The highest BCUT2D eigenvalue weighted by molar-refractivity contribution is 7.90. The molecule has 25 heavy (non-hydrogen) atoms. The smallest absolute Gasteiger partial charge is 0.224 e. The van der Waals surface area contributed by atoms with Crippen LogP contribution in [0, 0.1) is 29.6 Å². The van der Waals surface area contributed by atoms with E-state index in [0.717, 1.165) is 17.4 Å². The van der Waals surface area contributed by atoms with Gasteiger partial charge in [0.15, 0.2) is 9.84 Å². The minimum atomic E-state index is -3.18. The summed E-state index contributed by atoms with van der Waals surface area (Å²) < 4.78 is 23.1. The van der Waals surface area contributed by atoms with Crippen molar-refractivity contribution in [3.8, 4) is 0 Å². The summed E-state index contributed by atoms with van der Waals surface area (Å²) in [6, 6.07) is 6.75. The molecule has 4 aliphatic rings. The molecule has 1 unspecified atom stereocenters. The van der Waals surface area contributed by atoms with Crippen LogP contribution in [0.25, 0.3) is 0 Å². The van der Waals surface area contributed by atoms with Crippen molar-refractivity contribution in [1.29, 1.82) is 0 Å². The van der Waals surface area contributed by atoms with E-state index in [1.54, 1.807) is 24.3 Å². The maximum Gasteiger partial charge on any atom is 0.224 e. The topological polar surface area (TPSA) is 63.2 Å². The van der Waals surface area contributed by atoms with Crippen LogP contribution in [0.1, 0.15) is 50.6 Å². The first-order valence-corrected chi connectivity index (χ1v) is 11.3. The van der Waals surface area contributed by atoms with E-state index >= 15 is 0 Å². The third kappa shape index (κ3) is 3.23. The summed E-state index contributed by atoms with van der Waals surface area (Å²) in [5, 5.41) is 3.19. The molecule has 1 aromatic carbocycles. The summed E-state index contributed by atoms with van der Waals surface area (Å²) in [6.45, 7) is 1.98. The number of benzene rings is 1. The Balaban J connectivity index is 1.44. The number of rotatable bonds is 4. The molecule has 0 spiro atoms. The van der Waals surface area contributed by atoms with Gasteiger partial charge in [0.25, 0.3) is 0 Å². The van der Waals surface area contributed by atoms with E-state index in [-0.39, 0.29) is 17.9 Å². The molecule has 4 saturated carbocycles. The molecular formula is C20H27NO3S. The zero-order valence-corrected chi connectivity index (χ0v) is 15.8. The lowest BCUT2D eigenvalue weighted by Crippen LogP contribution is -2.51. The molecule has 4 aliphatic carbocycles. The van der Waals surface area contributed by atoms with Crippen molar-refractivity contribution in [3.63, 3.8) is 0 Å². The molecule has 4 bridgehead atoms. The Hall–Kier alpha value is -1.36. The summed E-state index contributed by atoms with van der Waals surface area (Å²) >= 11 is 0. The molecule has 1 aromatic rings. The van der Waals surface area contributed by atoms with Crippen LogP contribution in [0.15, 0.2) is 29.2 Å². The van der Waals surface area contributed by atoms with Gasteiger partial charge in [-0.25, -0.2) is 8.42 Å². The van der Waals surface area contributed by atoms with Crippen molar-refractivity contribution in [2.24, 2.45) is 29.6 Å². The van der Waals surface area contributed by atoms with E-state index in [0.29, 0.717) is 16.7 Å². The predicted octanol–water partition coefficient (Wildman–Crippen LogP) is 3.34. The second-order valence-electron chi connectivity index (χ2n) is 8.53. The first-order chi connectivity index (χ1) is 11.8. The van der Waals surface area contributed by atoms with Crippen molar-refractivity contribution in [1.82, 2.24) is 5.32 Å². The zero-order valence-electron chi connectivity index (χ0n) is 14.9. The minimum absolute atomic E-state index is 0.0988. The maximum atomic E-state index is 12.9. The SMILES string of the molecule is CC(NC(=O)C1C2CC3CC(C2)CC1C3)c1ccc(S(C)(=O)=O)cc1. The van der Waals surface area contributed by atoms with E-state index in [1.165, 1.54) is 38.4 Å². The first-order valence-electron chi connectivity index (χ1n) is 9.41. The molecule has 136 valence electrons. The summed E-state index contributed by atoms with van der Waals surface area (Å²) in [6.07, 6.45) is 7.56. The van der Waals surface area contributed by atoms with Crippen molar-refractivity contribution in [2.45, 2.75) is 50.0 Å². The average Bonchev–Trinajstić information content (AvgIpc) is 2.53. The summed E-state index contributed by atoms with van der Waals surface area (Å²) in [4.78, 5) is 13.3. The van der Waals surface area contributed by atoms with Crippen molar-refractivity contribution >= 4 is 15.7 Å². The molecule has 0 aromatic heterocycles. The lowest BCUT2D eigenvalue weighted by atomic mass is 9.51. The number of carbonyl (C=O) groups excluding carboxylic acids is 1. The molecule has 0 radical (unpaired) electrons. The molecular weight excluding hydrogens is 334 g/mol. The van der Waals surface area contributed by atoms with E-state index in [4.69, 9.17) is 0 Å². The Morgan fingerprint density at radius 3 is 2.00 bits per heavy atom. The van der Waals surface area contributed by atoms with Crippen LogP contribution in [-0.2, 0) is 14.6 Å². The molecule has 0 aliphatic heterocycles. The first kappa shape index (κ1) is 17.1. The van der Waals surface area contributed by atoms with Crippen LogP contribution in [0.5, 0.6) is 0 Å². The fourth-order valence-corrected chi connectivity index (χ4v) is 6.38. The summed E-state index contributed by atoms with van der Waals surface area (Å²) in [5.41, 5.74) is 0.949. The van der Waals surface area contributed by atoms with Crippen LogP contribution in [0.3, 0.4) is 0 Å². The molecule has 5 heteroatoms. The van der Waals surface area contributed by atoms with Crippen LogP contribution in [0.2, 0.25) is 0 Å². The van der Waals surface area contributed by atoms with Gasteiger partial charge >= 0.3 is 0 Å². The van der Waals surface area contributed by atoms with Gasteiger partial charge in [-0.1, -0.05) is 12.1 Å². The van der Waals surface area contributed by atoms with Crippen LogP contribution < -0.4 is 5.32 Å². The molecule has 1 N–H and O–H groups in total. The lowest BCUT2D eigenvalue weighted by molar-refractivity contribution is -0.138. The largest absolute Gasteiger partial charge is 0.349 e. The minimum Gasteiger partial charge on any atom is -0.349 e. The number of hydrogen-bond acceptors (Lipinski definition) is 3. The standard InChI is InChI=1S/C20H27NO3S/c1-12(15-3-5-18(6-4-15)25(2,23)24)21-20(22)19-16-8-13-7-14(10-16)11-17(19)9-13/h3-6,12-14,16-17,19H,7-11H2,1-2H3,(H,21,22). The Kier molecular flexibility index (Phi) is 4.18. The Morgan fingerprint density at radius 2 is 1.52 bits per heavy atom. The van der Waals surface area contributed by atoms with E-state index in [9.17, 15) is 13.2 Å². The highest BCUT2D eigenvalue weighted by atomic mass is 32.2. The van der Waals surface area contributed by atoms with Gasteiger partial charge in [-0.15, -0.1) is 0 Å². The van der Waals surface area contributed by atoms with Gasteiger partial charge in [0.05, 0.1) is 10.9 Å². The molecule has 5 rings (SSSR count). The van der Waals surface area contributed by atoms with Gasteiger partial charge < -0.3 is 5.32 Å². The maximum absolute atomic E-state index is 12.9. The number of hydrogen-bond donors (Lipinski definition) is 1. The third-order valence-electron chi connectivity index (χ3n) is 6.70. The van der Waals surface area contributed by atoms with Crippen LogP contribution in [-0.4, -0.2) is 20.6 Å². The van der Waals surface area contributed by atoms with Gasteiger partial charge in [0.2, 0.25) is 5.91 Å². The summed E-state index contributed by atoms with van der Waals surface area (Å²) in [7, 11) is -3.18. The second kappa shape index (κ2) is 6.11. The Labute approximate surface area is 150 Å². The number of carbonyl (C=O) groups is 1. The molecule has 4 fully saturated rings. The molecule has 0 heterocycles. The Bertz CT molecular complexity index is 741. The third-order valence-corrected chi connectivity index (χ3v) is 7.82. The second-order valence-corrected chi connectivity index (χ2v) is 10.5. The van der Waals surface area contributed by atoms with Gasteiger partial charge in [-0.2, -0.15) is 0 Å². The molecule has 0 saturated heterocycles. The monoisotopic (exact) mass is 361 g/mol. The normalized spacial score (nSPS) is 34.7. The van der Waals surface area contributed by atoms with Gasteiger partial charge in [0, 0.05) is 12.2 Å². The van der Waals surface area contributed by atoms with Gasteiger partial charge in [-0.05, 0) is 80.4 Å². The van der Waals surface area contributed by atoms with E-state index in [2.05, 4.69) is 5.32 Å². The molecule has 4 nitrogen and oxygen atoms in total.